The third-order valence-electron chi connectivity index (χ3n) is 1.57. The summed E-state index contributed by atoms with van der Waals surface area (Å²) in [6.07, 6.45) is 1.12. The number of aliphatic hydroxyl groups is 1. The van der Waals surface area contributed by atoms with E-state index >= 15 is 0 Å². The summed E-state index contributed by atoms with van der Waals surface area (Å²) in [6.45, 7) is 1.50. The molecule has 0 fully saturated rings. The van der Waals surface area contributed by atoms with Crippen LogP contribution in [0.15, 0.2) is 9.08 Å². The summed E-state index contributed by atoms with van der Waals surface area (Å²) in [4.78, 5) is 11.3. The first-order valence-electron chi connectivity index (χ1n) is 3.48. The molecule has 64 valence electrons. The number of hydrogen-bond donors (Lipinski definition) is 1. The molecule has 0 unspecified atom stereocenters. The van der Waals surface area contributed by atoms with E-state index in [2.05, 4.69) is 0 Å². The minimum atomic E-state index is -1.28. The Morgan fingerprint density at radius 2 is 1.92 bits per heavy atom. The predicted octanol–water partition coefficient (Wildman–Crippen LogP) is 0.132. The molecule has 0 rings (SSSR count). The van der Waals surface area contributed by atoms with Gasteiger partial charge < -0.3 is 0 Å². The average molecular weight is 182 g/mol. The van der Waals surface area contributed by atoms with Crippen LogP contribution in [0.1, 0.15) is 6.92 Å². The van der Waals surface area contributed by atoms with Gasteiger partial charge in [-0.3, -0.25) is 0 Å². The van der Waals surface area contributed by atoms with E-state index in [1.165, 1.54) is 21.1 Å². The van der Waals surface area contributed by atoms with E-state index in [4.69, 9.17) is 14.6 Å². The van der Waals surface area contributed by atoms with Gasteiger partial charge in [0.05, 0.1) is 0 Å². The van der Waals surface area contributed by atoms with Gasteiger partial charge in [0, 0.05) is 0 Å². The van der Waals surface area contributed by atoms with Crippen molar-refractivity contribution >= 4 is 33.7 Å². The van der Waals surface area contributed by atoms with Crippen molar-refractivity contribution in [2.24, 2.45) is 0 Å². The van der Waals surface area contributed by atoms with Crippen molar-refractivity contribution in [2.45, 2.75) is 12.7 Å². The normalized spacial score (nSPS) is 13.2. The van der Waals surface area contributed by atoms with Crippen molar-refractivity contribution in [3.8, 4) is 0 Å². The summed E-state index contributed by atoms with van der Waals surface area (Å²) in [6, 6.07) is 0. The second-order valence-corrected chi connectivity index (χ2v) is 3.53. The van der Waals surface area contributed by atoms with Crippen LogP contribution < -0.4 is 0 Å². The van der Waals surface area contributed by atoms with Gasteiger partial charge in [-0.15, -0.1) is 0 Å². The van der Waals surface area contributed by atoms with Gasteiger partial charge in [0.2, 0.25) is 0 Å². The first-order chi connectivity index (χ1) is 5.46. The molecule has 0 aromatic rings. The Hall–Kier alpha value is 0.130. The molecule has 0 saturated carbocycles. The van der Waals surface area contributed by atoms with Crippen molar-refractivity contribution in [3.05, 3.63) is 9.08 Å². The number of carbonyl (C=O) groups excluding carboxylic acids is 1. The molecule has 5 heteroatoms. The molecule has 0 aliphatic rings. The summed E-state index contributed by atoms with van der Waals surface area (Å²) < 4.78 is 9.74. The molecule has 0 atom stereocenters. The summed E-state index contributed by atoms with van der Waals surface area (Å²) in [5.41, 5.74) is 0. The number of ether oxygens (including phenoxy) is 2. The fourth-order valence-electron chi connectivity index (χ4n) is 0.605. The number of aliphatic hydroxyl groups excluding tert-OH is 1. The van der Waals surface area contributed by atoms with Crippen LogP contribution in [0.5, 0.6) is 0 Å². The van der Waals surface area contributed by atoms with Gasteiger partial charge in [0.25, 0.3) is 0 Å². The fourth-order valence-corrected chi connectivity index (χ4v) is 0.868. The first-order valence-corrected chi connectivity index (χ1v) is 4.48. The van der Waals surface area contributed by atoms with E-state index in [1.807, 2.05) is 0 Å². The summed E-state index contributed by atoms with van der Waals surface area (Å²) in [5.74, 6) is -1.67. The van der Waals surface area contributed by atoms with Gasteiger partial charge in [0.15, 0.2) is 0 Å². The molecule has 1 N–H and O–H groups in total. The Morgan fingerprint density at radius 1 is 1.50 bits per heavy atom. The zero-order valence-corrected chi connectivity index (χ0v) is 9.75. The molecular formula is C7H11NaO4. The quantitative estimate of drug-likeness (QED) is 0.290. The Bertz CT molecular complexity index is 192. The average Bonchev–Trinajstić information content (AvgIpc) is 2.02. The van der Waals surface area contributed by atoms with Gasteiger partial charge in [-0.25, -0.2) is 0 Å². The zero-order chi connectivity index (χ0) is 9.78. The van der Waals surface area contributed by atoms with E-state index in [-0.39, 0.29) is 8.79 Å². The molecule has 0 heterocycles. The zero-order valence-electron chi connectivity index (χ0n) is 7.75. The second-order valence-electron chi connectivity index (χ2n) is 2.50. The number of rotatable bonds is 4. The second kappa shape index (κ2) is 4.99. The van der Waals surface area contributed by atoms with Crippen LogP contribution in [0.2, 0.25) is 0 Å². The van der Waals surface area contributed by atoms with E-state index < -0.39 is 5.79 Å². The van der Waals surface area contributed by atoms with Crippen LogP contribution in [-0.2, 0) is 14.3 Å². The van der Waals surface area contributed by atoms with Gasteiger partial charge >= 0.3 is 89.1 Å². The Kier molecular flexibility index (Phi) is 5.04. The van der Waals surface area contributed by atoms with Crippen molar-refractivity contribution in [1.29, 1.82) is 0 Å². The number of carbonyl (C=O) groups is 1. The maximum atomic E-state index is 11.3. The molecular weight excluding hydrogens is 171 g/mol. The van der Waals surface area contributed by atoms with Gasteiger partial charge in [-0.05, 0) is 0 Å². The van der Waals surface area contributed by atoms with Crippen LogP contribution >= 0.6 is 0 Å². The standard InChI is InChI=1S/C7H11O4.Na/c1-7(10-2,11-3)6(9)4-5-8;/h4,8H,1-3H3;. The number of ketones is 1. The minimum absolute atomic E-state index is 0.0697. The molecule has 0 bridgehead atoms. The molecule has 12 heavy (non-hydrogen) atoms. The molecule has 0 aromatic carbocycles. The van der Waals surface area contributed by atoms with Crippen molar-refractivity contribution in [1.82, 2.24) is 0 Å². The number of hydrogen-bond acceptors (Lipinski definition) is 4. The first kappa shape index (κ1) is 12.1. The summed E-state index contributed by atoms with van der Waals surface area (Å²) >= 11 is 0.440. The van der Waals surface area contributed by atoms with Crippen LogP contribution in [0, 0.1) is 0 Å². The van der Waals surface area contributed by atoms with Crippen molar-refractivity contribution in [3.63, 3.8) is 0 Å². The fraction of sp³-hybridized carbons (Fsp3) is 0.571. The van der Waals surface area contributed by atoms with E-state index in [0.717, 1.165) is 6.08 Å². The van der Waals surface area contributed by atoms with Crippen LogP contribution in [0.4, 0.5) is 0 Å². The SMILES string of the molecule is COC(C)(OC)C(=O)C=[C](O)[Na]. The van der Waals surface area contributed by atoms with Crippen LogP contribution in [0.3, 0.4) is 0 Å². The monoisotopic (exact) mass is 182 g/mol. The molecule has 0 saturated heterocycles. The molecule has 4 nitrogen and oxygen atoms in total. The molecule has 0 aliphatic heterocycles. The van der Waals surface area contributed by atoms with Crippen molar-refractivity contribution in [2.75, 3.05) is 14.2 Å². The maximum absolute atomic E-state index is 11.3. The number of methoxy groups -OCH3 is 2. The Morgan fingerprint density at radius 3 is 2.17 bits per heavy atom. The van der Waals surface area contributed by atoms with Gasteiger partial charge in [0.1, 0.15) is 0 Å². The topological polar surface area (TPSA) is 55.8 Å². The van der Waals surface area contributed by atoms with E-state index in [9.17, 15) is 4.79 Å². The van der Waals surface area contributed by atoms with Crippen molar-refractivity contribution < 1.29 is 19.4 Å². The molecule has 0 radical (unpaired) electrons. The third-order valence-corrected chi connectivity index (χ3v) is 1.86. The molecule has 0 aromatic heterocycles. The Balaban J connectivity index is 4.54. The van der Waals surface area contributed by atoms with E-state index in [1.54, 1.807) is 0 Å². The summed E-state index contributed by atoms with van der Waals surface area (Å²) in [5, 5.41) is 8.87. The van der Waals surface area contributed by atoms with Crippen LogP contribution in [0.25, 0.3) is 0 Å². The van der Waals surface area contributed by atoms with E-state index in [0.29, 0.717) is 27.9 Å². The van der Waals surface area contributed by atoms with Gasteiger partial charge in [-0.1, -0.05) is 0 Å². The summed E-state index contributed by atoms with van der Waals surface area (Å²) in [7, 11) is 2.75. The Labute approximate surface area is 89.0 Å². The molecule has 0 aliphatic carbocycles. The predicted molar refractivity (Wildman–Crippen MR) is 43.9 cm³/mol. The van der Waals surface area contributed by atoms with Gasteiger partial charge in [-0.2, -0.15) is 0 Å². The molecule has 0 amide bonds. The third kappa shape index (κ3) is 3.25. The molecule has 0 spiro atoms. The van der Waals surface area contributed by atoms with Crippen LogP contribution in [-0.4, -0.2) is 58.8 Å².